The zero-order chi connectivity index (χ0) is 12.7. The molecular weight excluding hydrogens is 224 g/mol. The van der Waals surface area contributed by atoms with Crippen LogP contribution in [0.25, 0.3) is 0 Å². The number of nitro benzene ring substituents is 1. The van der Waals surface area contributed by atoms with Gasteiger partial charge in [-0.05, 0) is 18.9 Å². The second-order valence-corrected chi connectivity index (χ2v) is 3.50. The predicted octanol–water partition coefficient (Wildman–Crippen LogP) is 1.79. The number of nitro groups is 1. The lowest BCUT2D eigenvalue weighted by molar-refractivity contribution is -0.384. The number of aliphatic hydroxyl groups excluding tert-OH is 1. The van der Waals surface area contributed by atoms with E-state index in [9.17, 15) is 10.1 Å². The quantitative estimate of drug-likeness (QED) is 0.431. The van der Waals surface area contributed by atoms with E-state index in [0.717, 1.165) is 6.42 Å². The van der Waals surface area contributed by atoms with Crippen molar-refractivity contribution in [2.24, 2.45) is 0 Å². The molecule has 2 N–H and O–H groups in total. The summed E-state index contributed by atoms with van der Waals surface area (Å²) in [5, 5.41) is 22.4. The lowest BCUT2D eigenvalue weighted by Gasteiger charge is -2.08. The van der Waals surface area contributed by atoms with Crippen molar-refractivity contribution in [1.29, 1.82) is 0 Å². The number of ether oxygens (including phenoxy) is 1. The molecule has 0 saturated carbocycles. The van der Waals surface area contributed by atoms with E-state index in [4.69, 9.17) is 9.84 Å². The van der Waals surface area contributed by atoms with Gasteiger partial charge in [-0.3, -0.25) is 10.1 Å². The molecule has 17 heavy (non-hydrogen) atoms. The summed E-state index contributed by atoms with van der Waals surface area (Å²) in [6, 6.07) is 4.56. The molecule has 1 aromatic rings. The Hall–Kier alpha value is -1.82. The Balaban J connectivity index is 2.75. The lowest BCUT2D eigenvalue weighted by atomic mass is 10.2. The normalized spacial score (nSPS) is 10.0. The Bertz CT molecular complexity index is 382. The molecule has 0 saturated heterocycles. The Morgan fingerprint density at radius 1 is 1.47 bits per heavy atom. The number of hydrogen-bond acceptors (Lipinski definition) is 5. The first-order valence-corrected chi connectivity index (χ1v) is 5.36. The summed E-state index contributed by atoms with van der Waals surface area (Å²) >= 11 is 0. The van der Waals surface area contributed by atoms with Gasteiger partial charge in [0.1, 0.15) is 11.4 Å². The fourth-order valence-corrected chi connectivity index (χ4v) is 1.40. The lowest BCUT2D eigenvalue weighted by Crippen LogP contribution is -2.05. The fraction of sp³-hybridized carbons (Fsp3) is 0.455. The summed E-state index contributed by atoms with van der Waals surface area (Å²) in [7, 11) is 1.51. The SMILES string of the molecule is COc1ccc([N+](=O)[O-])c(NCCCCO)c1. The molecule has 6 nitrogen and oxygen atoms in total. The molecule has 0 atom stereocenters. The summed E-state index contributed by atoms with van der Waals surface area (Å²) in [6.07, 6.45) is 1.43. The van der Waals surface area contributed by atoms with Gasteiger partial charge < -0.3 is 15.2 Å². The van der Waals surface area contributed by atoms with Gasteiger partial charge in [-0.1, -0.05) is 0 Å². The van der Waals surface area contributed by atoms with Gasteiger partial charge >= 0.3 is 0 Å². The molecule has 0 radical (unpaired) electrons. The van der Waals surface area contributed by atoms with Crippen LogP contribution in [0, 0.1) is 10.1 Å². The average molecular weight is 240 g/mol. The minimum absolute atomic E-state index is 0.0230. The van der Waals surface area contributed by atoms with Crippen molar-refractivity contribution in [2.45, 2.75) is 12.8 Å². The maximum Gasteiger partial charge on any atom is 0.292 e. The number of hydrogen-bond donors (Lipinski definition) is 2. The highest BCUT2D eigenvalue weighted by atomic mass is 16.6. The zero-order valence-corrected chi connectivity index (χ0v) is 9.68. The first-order chi connectivity index (χ1) is 8.19. The molecule has 0 unspecified atom stereocenters. The predicted molar refractivity (Wildman–Crippen MR) is 64.5 cm³/mol. The molecule has 94 valence electrons. The fourth-order valence-electron chi connectivity index (χ4n) is 1.40. The van der Waals surface area contributed by atoms with Gasteiger partial charge in [0, 0.05) is 25.3 Å². The van der Waals surface area contributed by atoms with Crippen molar-refractivity contribution in [3.63, 3.8) is 0 Å². The van der Waals surface area contributed by atoms with E-state index in [0.29, 0.717) is 24.4 Å². The molecule has 1 aromatic carbocycles. The van der Waals surface area contributed by atoms with Gasteiger partial charge in [-0.2, -0.15) is 0 Å². The van der Waals surface area contributed by atoms with E-state index in [-0.39, 0.29) is 12.3 Å². The summed E-state index contributed by atoms with van der Waals surface area (Å²) < 4.78 is 5.01. The third-order valence-electron chi connectivity index (χ3n) is 2.30. The van der Waals surface area contributed by atoms with E-state index in [1.807, 2.05) is 0 Å². The molecule has 0 spiro atoms. The number of unbranched alkanes of at least 4 members (excludes halogenated alkanes) is 1. The molecule has 0 fully saturated rings. The van der Waals surface area contributed by atoms with Crippen LogP contribution >= 0.6 is 0 Å². The van der Waals surface area contributed by atoms with Crippen LogP contribution in [0.4, 0.5) is 11.4 Å². The van der Waals surface area contributed by atoms with Crippen molar-refractivity contribution >= 4 is 11.4 Å². The summed E-state index contributed by atoms with van der Waals surface area (Å²) in [4.78, 5) is 10.4. The molecule has 6 heteroatoms. The Kier molecular flexibility index (Phi) is 5.22. The standard InChI is InChI=1S/C11H16N2O4/c1-17-9-4-5-11(13(15)16)10(8-9)12-6-2-3-7-14/h4-5,8,12,14H,2-3,6-7H2,1H3. The third-order valence-corrected chi connectivity index (χ3v) is 2.30. The Morgan fingerprint density at radius 2 is 2.24 bits per heavy atom. The van der Waals surface area contributed by atoms with Gasteiger partial charge in [-0.25, -0.2) is 0 Å². The van der Waals surface area contributed by atoms with Gasteiger partial charge in [0.25, 0.3) is 5.69 Å². The number of anilines is 1. The largest absolute Gasteiger partial charge is 0.497 e. The van der Waals surface area contributed by atoms with Gasteiger partial charge in [-0.15, -0.1) is 0 Å². The van der Waals surface area contributed by atoms with Crippen molar-refractivity contribution in [1.82, 2.24) is 0 Å². The molecule has 0 heterocycles. The molecule has 0 aromatic heterocycles. The molecule has 0 aliphatic carbocycles. The second kappa shape index (κ2) is 6.70. The zero-order valence-electron chi connectivity index (χ0n) is 9.68. The van der Waals surface area contributed by atoms with E-state index < -0.39 is 4.92 Å². The van der Waals surface area contributed by atoms with Crippen LogP contribution in [0.2, 0.25) is 0 Å². The number of benzene rings is 1. The van der Waals surface area contributed by atoms with E-state index in [1.54, 1.807) is 12.1 Å². The first kappa shape index (κ1) is 13.2. The number of methoxy groups -OCH3 is 1. The van der Waals surface area contributed by atoms with Crippen LogP contribution in [0.3, 0.4) is 0 Å². The highest BCUT2D eigenvalue weighted by Gasteiger charge is 2.13. The second-order valence-electron chi connectivity index (χ2n) is 3.50. The smallest absolute Gasteiger partial charge is 0.292 e. The number of rotatable bonds is 7. The van der Waals surface area contributed by atoms with Gasteiger partial charge in [0.15, 0.2) is 0 Å². The Morgan fingerprint density at radius 3 is 2.82 bits per heavy atom. The van der Waals surface area contributed by atoms with Crippen LogP contribution in [0.15, 0.2) is 18.2 Å². The molecule has 0 aliphatic rings. The molecule has 0 aliphatic heterocycles. The number of aliphatic hydroxyl groups is 1. The van der Waals surface area contributed by atoms with Crippen LogP contribution in [-0.4, -0.2) is 30.3 Å². The monoisotopic (exact) mass is 240 g/mol. The van der Waals surface area contributed by atoms with E-state index >= 15 is 0 Å². The van der Waals surface area contributed by atoms with Gasteiger partial charge in [0.05, 0.1) is 12.0 Å². The summed E-state index contributed by atoms with van der Waals surface area (Å²) in [5.74, 6) is 0.570. The van der Waals surface area contributed by atoms with Crippen LogP contribution in [0.5, 0.6) is 5.75 Å². The van der Waals surface area contributed by atoms with Crippen molar-refractivity contribution in [3.8, 4) is 5.75 Å². The minimum atomic E-state index is -0.437. The number of nitrogens with one attached hydrogen (secondary N) is 1. The highest BCUT2D eigenvalue weighted by molar-refractivity contribution is 5.64. The van der Waals surface area contributed by atoms with Crippen LogP contribution in [-0.2, 0) is 0 Å². The van der Waals surface area contributed by atoms with Crippen molar-refractivity contribution in [3.05, 3.63) is 28.3 Å². The minimum Gasteiger partial charge on any atom is -0.497 e. The van der Waals surface area contributed by atoms with E-state index in [2.05, 4.69) is 5.32 Å². The Labute approximate surface area is 99.4 Å². The maximum absolute atomic E-state index is 10.8. The third kappa shape index (κ3) is 3.92. The summed E-state index contributed by atoms with van der Waals surface area (Å²) in [6.45, 7) is 0.705. The molecular formula is C11H16N2O4. The summed E-state index contributed by atoms with van der Waals surface area (Å²) in [5.41, 5.74) is 0.460. The molecule has 1 rings (SSSR count). The highest BCUT2D eigenvalue weighted by Crippen LogP contribution is 2.28. The topological polar surface area (TPSA) is 84.6 Å². The molecule has 0 bridgehead atoms. The van der Waals surface area contributed by atoms with Crippen molar-refractivity contribution in [2.75, 3.05) is 25.6 Å². The van der Waals surface area contributed by atoms with Crippen LogP contribution < -0.4 is 10.1 Å². The van der Waals surface area contributed by atoms with E-state index in [1.165, 1.54) is 13.2 Å². The van der Waals surface area contributed by atoms with Gasteiger partial charge in [0.2, 0.25) is 0 Å². The molecule has 0 amide bonds. The van der Waals surface area contributed by atoms with Crippen LogP contribution in [0.1, 0.15) is 12.8 Å². The van der Waals surface area contributed by atoms with Crippen molar-refractivity contribution < 1.29 is 14.8 Å². The number of nitrogens with zero attached hydrogens (tertiary/aromatic N) is 1. The first-order valence-electron chi connectivity index (χ1n) is 5.36. The average Bonchev–Trinajstić information content (AvgIpc) is 2.34. The maximum atomic E-state index is 10.8.